The van der Waals surface area contributed by atoms with Gasteiger partial charge >= 0.3 is 0 Å². The second-order valence-electron chi connectivity index (χ2n) is 3.69. The minimum atomic E-state index is -0.330. The molecule has 0 aliphatic rings. The molecule has 0 saturated heterocycles. The van der Waals surface area contributed by atoms with Gasteiger partial charge in [0.1, 0.15) is 0 Å². The minimum absolute atomic E-state index is 0.0833. The fourth-order valence-electron chi connectivity index (χ4n) is 1.02. The number of ether oxygens (including phenoxy) is 2. The Morgan fingerprint density at radius 3 is 2.57 bits per heavy atom. The highest BCUT2D eigenvalue weighted by atomic mass is 16.5. The van der Waals surface area contributed by atoms with E-state index in [-0.39, 0.29) is 12.1 Å². The number of aliphatic hydroxyl groups is 1. The van der Waals surface area contributed by atoms with Crippen LogP contribution in [0.15, 0.2) is 0 Å². The molecule has 0 aromatic rings. The molecule has 1 unspecified atom stereocenters. The van der Waals surface area contributed by atoms with Gasteiger partial charge in [0.25, 0.3) is 0 Å². The molecule has 0 spiro atoms. The van der Waals surface area contributed by atoms with Gasteiger partial charge in [0.2, 0.25) is 0 Å². The zero-order chi connectivity index (χ0) is 10.9. The molecule has 2 N–H and O–H groups in total. The zero-order valence-electron chi connectivity index (χ0n) is 9.51. The number of nitrogens with one attached hydrogen (secondary N) is 1. The first kappa shape index (κ1) is 13.8. The van der Waals surface area contributed by atoms with Crippen molar-refractivity contribution in [2.24, 2.45) is 0 Å². The van der Waals surface area contributed by atoms with Crippen LogP contribution in [0.25, 0.3) is 0 Å². The smallest absolute Gasteiger partial charge is 0.0701 e. The van der Waals surface area contributed by atoms with Crippen molar-refractivity contribution in [3.63, 3.8) is 0 Å². The molecule has 14 heavy (non-hydrogen) atoms. The summed E-state index contributed by atoms with van der Waals surface area (Å²) >= 11 is 0. The van der Waals surface area contributed by atoms with Gasteiger partial charge in [-0.05, 0) is 19.9 Å². The van der Waals surface area contributed by atoms with E-state index in [1.807, 2.05) is 6.92 Å². The first-order valence-corrected chi connectivity index (χ1v) is 5.11. The number of methoxy groups -OCH3 is 1. The summed E-state index contributed by atoms with van der Waals surface area (Å²) < 4.78 is 10.2. The number of hydrogen-bond acceptors (Lipinski definition) is 4. The van der Waals surface area contributed by atoms with Gasteiger partial charge in [-0.2, -0.15) is 0 Å². The molecule has 0 bridgehead atoms. The first-order valence-electron chi connectivity index (χ1n) is 5.11. The van der Waals surface area contributed by atoms with Crippen molar-refractivity contribution in [3.05, 3.63) is 0 Å². The Morgan fingerprint density at radius 1 is 1.36 bits per heavy atom. The lowest BCUT2D eigenvalue weighted by Crippen LogP contribution is -2.50. The Kier molecular flexibility index (Phi) is 8.08. The molecule has 0 aromatic carbocycles. The van der Waals surface area contributed by atoms with Crippen molar-refractivity contribution in [2.75, 3.05) is 40.1 Å². The van der Waals surface area contributed by atoms with Crippen molar-refractivity contribution >= 4 is 0 Å². The van der Waals surface area contributed by atoms with Crippen molar-refractivity contribution in [3.8, 4) is 0 Å². The van der Waals surface area contributed by atoms with Gasteiger partial charge in [-0.25, -0.2) is 0 Å². The molecule has 0 fully saturated rings. The quantitative estimate of drug-likeness (QED) is 0.535. The highest BCUT2D eigenvalue weighted by Crippen LogP contribution is 2.03. The lowest BCUT2D eigenvalue weighted by Gasteiger charge is -2.28. The molecule has 0 saturated carbocycles. The molecule has 0 aliphatic heterocycles. The molecule has 4 nitrogen and oxygen atoms in total. The number of hydrogen-bond donors (Lipinski definition) is 2. The largest absolute Gasteiger partial charge is 0.394 e. The highest BCUT2D eigenvalue weighted by molar-refractivity contribution is 4.81. The van der Waals surface area contributed by atoms with Crippen LogP contribution in [-0.2, 0) is 9.47 Å². The third kappa shape index (κ3) is 6.32. The lowest BCUT2D eigenvalue weighted by atomic mass is 10.1. The summed E-state index contributed by atoms with van der Waals surface area (Å²) in [5.41, 5.74) is -0.330. The Morgan fingerprint density at radius 2 is 2.07 bits per heavy atom. The second-order valence-corrected chi connectivity index (χ2v) is 3.69. The standard InChI is InChI=1S/C10H23NO3/c1-4-5-11-10(2,8-12)9-14-7-6-13-3/h11-12H,4-9H2,1-3H3. The van der Waals surface area contributed by atoms with Crippen LogP contribution >= 0.6 is 0 Å². The summed E-state index contributed by atoms with van der Waals surface area (Å²) in [6.07, 6.45) is 1.05. The summed E-state index contributed by atoms with van der Waals surface area (Å²) in [6.45, 7) is 6.69. The van der Waals surface area contributed by atoms with Crippen LogP contribution in [0.5, 0.6) is 0 Å². The average Bonchev–Trinajstić information content (AvgIpc) is 2.22. The first-order chi connectivity index (χ1) is 6.68. The third-order valence-corrected chi connectivity index (χ3v) is 2.00. The van der Waals surface area contributed by atoms with Crippen LogP contribution in [0.3, 0.4) is 0 Å². The summed E-state index contributed by atoms with van der Waals surface area (Å²) in [5, 5.41) is 12.5. The molecule has 0 rings (SSSR count). The van der Waals surface area contributed by atoms with Crippen LogP contribution in [0.4, 0.5) is 0 Å². The number of rotatable bonds is 9. The third-order valence-electron chi connectivity index (χ3n) is 2.00. The van der Waals surface area contributed by atoms with Crippen LogP contribution in [-0.4, -0.2) is 50.7 Å². The van der Waals surface area contributed by atoms with Gasteiger partial charge in [-0.15, -0.1) is 0 Å². The predicted molar refractivity (Wildman–Crippen MR) is 56.5 cm³/mol. The van der Waals surface area contributed by atoms with Gasteiger partial charge in [0, 0.05) is 7.11 Å². The van der Waals surface area contributed by atoms with Gasteiger partial charge < -0.3 is 19.9 Å². The Balaban J connectivity index is 3.63. The highest BCUT2D eigenvalue weighted by Gasteiger charge is 2.22. The molecule has 86 valence electrons. The molecule has 1 atom stereocenters. The Hall–Kier alpha value is -0.160. The van der Waals surface area contributed by atoms with E-state index >= 15 is 0 Å². The summed E-state index contributed by atoms with van der Waals surface area (Å²) in [4.78, 5) is 0. The van der Waals surface area contributed by atoms with Crippen LogP contribution in [0.1, 0.15) is 20.3 Å². The van der Waals surface area contributed by atoms with Crippen LogP contribution < -0.4 is 5.32 Å². The van der Waals surface area contributed by atoms with E-state index in [9.17, 15) is 5.11 Å². The molecular weight excluding hydrogens is 182 g/mol. The molecule has 0 amide bonds. The average molecular weight is 205 g/mol. The van der Waals surface area contributed by atoms with Gasteiger partial charge in [-0.3, -0.25) is 0 Å². The van der Waals surface area contributed by atoms with Crippen molar-refractivity contribution in [2.45, 2.75) is 25.8 Å². The topological polar surface area (TPSA) is 50.7 Å². The van der Waals surface area contributed by atoms with E-state index in [1.165, 1.54) is 0 Å². The molecule has 0 heterocycles. The molecule has 0 aromatic heterocycles. The predicted octanol–water partition coefficient (Wildman–Crippen LogP) is 0.400. The summed E-state index contributed by atoms with van der Waals surface area (Å²) in [6, 6.07) is 0. The molecular formula is C10H23NO3. The monoisotopic (exact) mass is 205 g/mol. The molecule has 0 aliphatic carbocycles. The van der Waals surface area contributed by atoms with E-state index in [0.717, 1.165) is 13.0 Å². The zero-order valence-corrected chi connectivity index (χ0v) is 9.51. The van der Waals surface area contributed by atoms with E-state index in [0.29, 0.717) is 19.8 Å². The maximum Gasteiger partial charge on any atom is 0.0701 e. The molecule has 4 heteroatoms. The summed E-state index contributed by atoms with van der Waals surface area (Å²) in [5.74, 6) is 0. The van der Waals surface area contributed by atoms with Gasteiger partial charge in [0.15, 0.2) is 0 Å². The SMILES string of the molecule is CCCNC(C)(CO)COCCOC. The molecule has 0 radical (unpaired) electrons. The second kappa shape index (κ2) is 8.17. The van der Waals surface area contributed by atoms with Crippen molar-refractivity contribution in [1.82, 2.24) is 5.32 Å². The van der Waals surface area contributed by atoms with E-state index in [1.54, 1.807) is 7.11 Å². The normalized spacial score (nSPS) is 15.4. The maximum atomic E-state index is 9.19. The van der Waals surface area contributed by atoms with E-state index < -0.39 is 0 Å². The van der Waals surface area contributed by atoms with Gasteiger partial charge in [-0.1, -0.05) is 6.92 Å². The minimum Gasteiger partial charge on any atom is -0.394 e. The van der Waals surface area contributed by atoms with E-state index in [2.05, 4.69) is 12.2 Å². The fraction of sp³-hybridized carbons (Fsp3) is 1.00. The Bertz CT molecular complexity index is 133. The van der Waals surface area contributed by atoms with Crippen LogP contribution in [0.2, 0.25) is 0 Å². The van der Waals surface area contributed by atoms with Crippen molar-refractivity contribution < 1.29 is 14.6 Å². The van der Waals surface area contributed by atoms with Gasteiger partial charge in [0.05, 0.1) is 32.0 Å². The van der Waals surface area contributed by atoms with Crippen molar-refractivity contribution in [1.29, 1.82) is 0 Å². The fourth-order valence-corrected chi connectivity index (χ4v) is 1.02. The van der Waals surface area contributed by atoms with Crippen LogP contribution in [0, 0.1) is 0 Å². The summed E-state index contributed by atoms with van der Waals surface area (Å²) in [7, 11) is 1.64. The Labute approximate surface area is 86.6 Å². The van der Waals surface area contributed by atoms with E-state index in [4.69, 9.17) is 9.47 Å². The number of aliphatic hydroxyl groups excluding tert-OH is 1. The lowest BCUT2D eigenvalue weighted by molar-refractivity contribution is 0.0191. The maximum absolute atomic E-state index is 9.19.